The van der Waals surface area contributed by atoms with Crippen molar-refractivity contribution in [3.63, 3.8) is 0 Å². The minimum atomic E-state index is -0.0911. The fourth-order valence-electron chi connectivity index (χ4n) is 3.61. The summed E-state index contributed by atoms with van der Waals surface area (Å²) in [5.74, 6) is 0.141. The van der Waals surface area contributed by atoms with Gasteiger partial charge in [-0.15, -0.1) is 0 Å². The van der Waals surface area contributed by atoms with Crippen molar-refractivity contribution < 1.29 is 4.79 Å². The van der Waals surface area contributed by atoms with Crippen LogP contribution in [0.4, 0.5) is 11.4 Å². The molecule has 0 aliphatic carbocycles. The SMILES string of the molecule is Cc1cc(C)cc(N(C(=O)[C@@H]2CCCN2)c2cc(C)cc(C)c2)c1. The third-order valence-electron chi connectivity index (χ3n) is 4.51. The zero-order valence-corrected chi connectivity index (χ0v) is 15.0. The summed E-state index contributed by atoms with van der Waals surface area (Å²) in [5, 5.41) is 3.34. The maximum atomic E-state index is 13.3. The summed E-state index contributed by atoms with van der Waals surface area (Å²) in [7, 11) is 0. The molecule has 3 heteroatoms. The van der Waals surface area contributed by atoms with E-state index in [4.69, 9.17) is 0 Å². The number of rotatable bonds is 3. The van der Waals surface area contributed by atoms with E-state index in [9.17, 15) is 4.79 Å². The largest absolute Gasteiger partial charge is 0.306 e. The zero-order chi connectivity index (χ0) is 17.3. The summed E-state index contributed by atoms with van der Waals surface area (Å²) in [5.41, 5.74) is 6.60. The van der Waals surface area contributed by atoms with Crippen LogP contribution in [0.1, 0.15) is 35.1 Å². The molecule has 0 aromatic heterocycles. The second kappa shape index (κ2) is 6.78. The van der Waals surface area contributed by atoms with Gasteiger partial charge in [0.05, 0.1) is 6.04 Å². The molecule has 0 bridgehead atoms. The molecule has 1 saturated heterocycles. The average Bonchev–Trinajstić information content (AvgIpc) is 2.99. The van der Waals surface area contributed by atoms with Gasteiger partial charge in [-0.2, -0.15) is 0 Å². The number of aryl methyl sites for hydroxylation is 4. The fourth-order valence-corrected chi connectivity index (χ4v) is 3.61. The number of nitrogens with one attached hydrogen (secondary N) is 1. The smallest absolute Gasteiger partial charge is 0.248 e. The second-order valence-corrected chi connectivity index (χ2v) is 7.01. The van der Waals surface area contributed by atoms with Crippen LogP contribution in [0.5, 0.6) is 0 Å². The Balaban J connectivity index is 2.10. The first-order valence-corrected chi connectivity index (χ1v) is 8.68. The monoisotopic (exact) mass is 322 g/mol. The van der Waals surface area contributed by atoms with Crippen molar-refractivity contribution >= 4 is 17.3 Å². The molecule has 1 atom stereocenters. The van der Waals surface area contributed by atoms with Crippen LogP contribution in [-0.2, 0) is 4.79 Å². The molecule has 0 saturated carbocycles. The molecule has 2 aromatic carbocycles. The highest BCUT2D eigenvalue weighted by atomic mass is 16.2. The molecule has 1 N–H and O–H groups in total. The van der Waals surface area contributed by atoms with Crippen molar-refractivity contribution in [1.82, 2.24) is 5.32 Å². The van der Waals surface area contributed by atoms with E-state index in [1.165, 1.54) is 22.3 Å². The van der Waals surface area contributed by atoms with Crippen LogP contribution in [0.2, 0.25) is 0 Å². The number of hydrogen-bond donors (Lipinski definition) is 1. The highest BCUT2D eigenvalue weighted by Gasteiger charge is 2.29. The Morgan fingerprint density at radius 1 is 0.875 bits per heavy atom. The normalized spacial score (nSPS) is 17.1. The quantitative estimate of drug-likeness (QED) is 0.912. The van der Waals surface area contributed by atoms with Crippen molar-refractivity contribution in [3.8, 4) is 0 Å². The van der Waals surface area contributed by atoms with Crippen molar-refractivity contribution in [2.75, 3.05) is 11.4 Å². The van der Waals surface area contributed by atoms with Gasteiger partial charge in [0.1, 0.15) is 0 Å². The Morgan fingerprint density at radius 3 is 1.71 bits per heavy atom. The van der Waals surface area contributed by atoms with Crippen LogP contribution in [0.3, 0.4) is 0 Å². The predicted octanol–water partition coefficient (Wildman–Crippen LogP) is 4.34. The van der Waals surface area contributed by atoms with Crippen LogP contribution in [-0.4, -0.2) is 18.5 Å². The molecule has 0 radical (unpaired) electrons. The van der Waals surface area contributed by atoms with Gasteiger partial charge in [-0.05, 0) is 93.6 Å². The summed E-state index contributed by atoms with van der Waals surface area (Å²) in [6, 6.07) is 12.6. The lowest BCUT2D eigenvalue weighted by molar-refractivity contribution is -0.119. The summed E-state index contributed by atoms with van der Waals surface area (Å²) in [6.45, 7) is 9.23. The van der Waals surface area contributed by atoms with Crippen molar-refractivity contribution in [1.29, 1.82) is 0 Å². The standard InChI is InChI=1S/C21H26N2O/c1-14-8-15(2)11-18(10-14)23(21(24)20-6-5-7-22-20)19-12-16(3)9-17(4)13-19/h8-13,20,22H,5-7H2,1-4H3/t20-/m0/s1. The molecule has 1 aliphatic heterocycles. The highest BCUT2D eigenvalue weighted by molar-refractivity contribution is 6.04. The molecule has 24 heavy (non-hydrogen) atoms. The minimum Gasteiger partial charge on any atom is -0.306 e. The lowest BCUT2D eigenvalue weighted by Crippen LogP contribution is -2.41. The summed E-state index contributed by atoms with van der Waals surface area (Å²) < 4.78 is 0. The van der Waals surface area contributed by atoms with E-state index in [1.54, 1.807) is 0 Å². The number of hydrogen-bond acceptors (Lipinski definition) is 2. The van der Waals surface area contributed by atoms with Crippen LogP contribution in [0.25, 0.3) is 0 Å². The summed E-state index contributed by atoms with van der Waals surface area (Å²) >= 11 is 0. The molecule has 126 valence electrons. The molecule has 1 aliphatic rings. The second-order valence-electron chi connectivity index (χ2n) is 7.01. The van der Waals surface area contributed by atoms with E-state index in [1.807, 2.05) is 4.90 Å². The average molecular weight is 322 g/mol. The first-order valence-electron chi connectivity index (χ1n) is 8.68. The van der Waals surface area contributed by atoms with Gasteiger partial charge in [-0.25, -0.2) is 0 Å². The van der Waals surface area contributed by atoms with Crippen molar-refractivity contribution in [3.05, 3.63) is 58.7 Å². The van der Waals surface area contributed by atoms with Crippen LogP contribution < -0.4 is 10.2 Å². The van der Waals surface area contributed by atoms with Crippen molar-refractivity contribution in [2.24, 2.45) is 0 Å². The highest BCUT2D eigenvalue weighted by Crippen LogP contribution is 2.30. The predicted molar refractivity (Wildman–Crippen MR) is 100 cm³/mol. The van der Waals surface area contributed by atoms with Crippen LogP contribution in [0, 0.1) is 27.7 Å². The molecule has 1 heterocycles. The van der Waals surface area contributed by atoms with Gasteiger partial charge in [0, 0.05) is 11.4 Å². The molecule has 0 unspecified atom stereocenters. The third kappa shape index (κ3) is 3.51. The molecule has 1 amide bonds. The van der Waals surface area contributed by atoms with E-state index in [-0.39, 0.29) is 11.9 Å². The topological polar surface area (TPSA) is 32.3 Å². The molecule has 1 fully saturated rings. The van der Waals surface area contributed by atoms with Gasteiger partial charge < -0.3 is 5.32 Å². The van der Waals surface area contributed by atoms with Gasteiger partial charge in [0.25, 0.3) is 0 Å². The molecule has 2 aromatic rings. The van der Waals surface area contributed by atoms with E-state index < -0.39 is 0 Å². The van der Waals surface area contributed by atoms with Gasteiger partial charge in [0.2, 0.25) is 5.91 Å². The first kappa shape index (κ1) is 16.7. The number of benzene rings is 2. The van der Waals surface area contributed by atoms with Crippen LogP contribution in [0.15, 0.2) is 36.4 Å². The Kier molecular flexibility index (Phi) is 4.72. The van der Waals surface area contributed by atoms with E-state index >= 15 is 0 Å². The Labute approximate surface area is 144 Å². The lowest BCUT2D eigenvalue weighted by atomic mass is 10.1. The number of amides is 1. The third-order valence-corrected chi connectivity index (χ3v) is 4.51. The Bertz CT molecular complexity index is 668. The zero-order valence-electron chi connectivity index (χ0n) is 15.0. The number of nitrogens with zero attached hydrogens (tertiary/aromatic N) is 1. The van der Waals surface area contributed by atoms with Gasteiger partial charge >= 0.3 is 0 Å². The lowest BCUT2D eigenvalue weighted by Gasteiger charge is -2.27. The fraction of sp³-hybridized carbons (Fsp3) is 0.381. The minimum absolute atomic E-state index is 0.0911. The first-order chi connectivity index (χ1) is 11.4. The van der Waals surface area contributed by atoms with E-state index in [0.717, 1.165) is 30.8 Å². The molecular formula is C21H26N2O. The maximum absolute atomic E-state index is 13.3. The maximum Gasteiger partial charge on any atom is 0.248 e. The van der Waals surface area contributed by atoms with Crippen molar-refractivity contribution in [2.45, 2.75) is 46.6 Å². The Hall–Kier alpha value is -2.13. The Morgan fingerprint density at radius 2 is 1.33 bits per heavy atom. The number of carbonyl (C=O) groups is 1. The van der Waals surface area contributed by atoms with Gasteiger partial charge in [-0.1, -0.05) is 12.1 Å². The molecule has 3 nitrogen and oxygen atoms in total. The van der Waals surface area contributed by atoms with Gasteiger partial charge in [0.15, 0.2) is 0 Å². The summed E-state index contributed by atoms with van der Waals surface area (Å²) in [4.78, 5) is 15.1. The molecule has 0 spiro atoms. The number of anilines is 2. The van der Waals surface area contributed by atoms with Crippen LogP contribution >= 0.6 is 0 Å². The van der Waals surface area contributed by atoms with E-state index in [2.05, 4.69) is 69.4 Å². The number of carbonyl (C=O) groups excluding carboxylic acids is 1. The molecule has 3 rings (SSSR count). The molecular weight excluding hydrogens is 296 g/mol. The summed E-state index contributed by atoms with van der Waals surface area (Å²) in [6.07, 6.45) is 1.97. The van der Waals surface area contributed by atoms with E-state index in [0.29, 0.717) is 0 Å². The van der Waals surface area contributed by atoms with Gasteiger partial charge in [-0.3, -0.25) is 9.69 Å².